The molecule has 1 heterocycles. The van der Waals surface area contributed by atoms with Crippen molar-refractivity contribution in [2.75, 3.05) is 24.6 Å². The molecule has 0 unspecified atom stereocenters. The molecule has 0 spiro atoms. The molecule has 0 saturated carbocycles. The number of anilines is 1. The number of β-amino-alcohol motifs (C(OH)–C–C–N with tert-alkyl or cyclic N) is 1. The number of hydrogen-bond donors (Lipinski definition) is 1. The van der Waals surface area contributed by atoms with E-state index in [1.54, 1.807) is 6.07 Å². The van der Waals surface area contributed by atoms with E-state index in [-0.39, 0.29) is 42.0 Å². The molecular formula is C27H20F13NO3. The third kappa shape index (κ3) is 8.83. The number of rotatable bonds is 6. The van der Waals surface area contributed by atoms with Gasteiger partial charge in [0.2, 0.25) is 0 Å². The summed E-state index contributed by atoms with van der Waals surface area (Å²) in [5.41, 5.74) is -3.67. The molecular weight excluding hydrogens is 633 g/mol. The second kappa shape index (κ2) is 13.0. The van der Waals surface area contributed by atoms with Crippen LogP contribution < -0.4 is 14.4 Å². The molecule has 0 aromatic heterocycles. The van der Waals surface area contributed by atoms with Crippen molar-refractivity contribution in [2.24, 2.45) is 0 Å². The number of alkyl halides is 13. The fourth-order valence-corrected chi connectivity index (χ4v) is 3.83. The highest BCUT2D eigenvalue weighted by molar-refractivity contribution is 5.80. The molecule has 0 bridgehead atoms. The monoisotopic (exact) mass is 653 g/mol. The van der Waals surface area contributed by atoms with Gasteiger partial charge in [-0.05, 0) is 42.0 Å². The van der Waals surface area contributed by atoms with Crippen LogP contribution in [0.25, 0.3) is 11.1 Å². The molecule has 0 amide bonds. The molecule has 3 aromatic carbocycles. The minimum absolute atomic E-state index is 0.0121. The van der Waals surface area contributed by atoms with Crippen LogP contribution in [0.1, 0.15) is 11.1 Å². The molecule has 4 rings (SSSR count). The lowest BCUT2D eigenvalue weighted by atomic mass is 9.97. The van der Waals surface area contributed by atoms with Crippen LogP contribution in [0.2, 0.25) is 0 Å². The maximum absolute atomic E-state index is 13.2. The summed E-state index contributed by atoms with van der Waals surface area (Å²) in [6.45, 7) is -1.13. The zero-order valence-electron chi connectivity index (χ0n) is 21.8. The van der Waals surface area contributed by atoms with Gasteiger partial charge in [0.1, 0.15) is 12.4 Å². The predicted molar refractivity (Wildman–Crippen MR) is 130 cm³/mol. The lowest BCUT2D eigenvalue weighted by Gasteiger charge is -2.34. The Morgan fingerprint density at radius 3 is 1.84 bits per heavy atom. The first kappa shape index (κ1) is 34.6. The van der Waals surface area contributed by atoms with Crippen molar-refractivity contribution in [3.8, 4) is 22.6 Å². The summed E-state index contributed by atoms with van der Waals surface area (Å²) in [6.07, 6.45) is -26.0. The van der Waals surface area contributed by atoms with Gasteiger partial charge in [0.15, 0.2) is 11.9 Å². The molecule has 242 valence electrons. The number of fused-ring (bicyclic) bond motifs is 1. The van der Waals surface area contributed by atoms with Crippen LogP contribution in [0.3, 0.4) is 0 Å². The predicted octanol–water partition coefficient (Wildman–Crippen LogP) is 8.44. The molecule has 0 radical (unpaired) electrons. The maximum Gasteiger partial charge on any atom is 0.461 e. The molecule has 0 aliphatic carbocycles. The van der Waals surface area contributed by atoms with Gasteiger partial charge in [0.25, 0.3) is 0 Å². The third-order valence-electron chi connectivity index (χ3n) is 5.86. The summed E-state index contributed by atoms with van der Waals surface area (Å²) in [5, 5.41) is 9.34. The SMILES string of the molecule is FC(F)C(F)(F)Oc1ccccc1.O[C@@H](CN1CCOc2c(-c3cc(C(F)(F)F)cc(C(F)(F)F)c3)cccc21)C(F)(F)F. The molecule has 1 aliphatic heterocycles. The van der Waals surface area contributed by atoms with Gasteiger partial charge < -0.3 is 19.5 Å². The van der Waals surface area contributed by atoms with Crippen molar-refractivity contribution in [2.45, 2.75) is 37.2 Å². The van der Waals surface area contributed by atoms with Gasteiger partial charge in [0.05, 0.1) is 29.9 Å². The molecule has 3 aromatic rings. The van der Waals surface area contributed by atoms with E-state index in [9.17, 15) is 62.2 Å². The van der Waals surface area contributed by atoms with E-state index in [0.717, 1.165) is 4.90 Å². The minimum Gasteiger partial charge on any atom is -0.489 e. The lowest BCUT2D eigenvalue weighted by Crippen LogP contribution is -2.44. The Morgan fingerprint density at radius 1 is 0.773 bits per heavy atom. The molecule has 0 saturated heterocycles. The van der Waals surface area contributed by atoms with Crippen LogP contribution in [0.15, 0.2) is 66.7 Å². The Bertz CT molecular complexity index is 1360. The molecule has 1 atom stereocenters. The van der Waals surface area contributed by atoms with Gasteiger partial charge in [-0.15, -0.1) is 0 Å². The lowest BCUT2D eigenvalue weighted by molar-refractivity contribution is -0.253. The molecule has 1 aliphatic rings. The largest absolute Gasteiger partial charge is 0.489 e. The van der Waals surface area contributed by atoms with E-state index in [1.165, 1.54) is 42.5 Å². The van der Waals surface area contributed by atoms with Crippen molar-refractivity contribution in [1.82, 2.24) is 0 Å². The number of aliphatic hydroxyl groups is 1. The van der Waals surface area contributed by atoms with Gasteiger partial charge in [-0.25, -0.2) is 0 Å². The smallest absolute Gasteiger partial charge is 0.461 e. The molecule has 17 heteroatoms. The standard InChI is InChI=1S/C19H14F9NO2.C8H6F4O/c20-17(21,22)11-6-10(7-12(8-11)18(23,24)25)13-2-1-3-14-16(13)31-5-4-29(14)9-15(30)19(26,27)28;9-7(10)8(11,12)13-6-4-2-1-3-5-6/h1-3,6-8,15,30H,4-5,9H2;1-5,7H/t15-;/m0./s1. The summed E-state index contributed by atoms with van der Waals surface area (Å²) in [6, 6.07) is 11.5. The Hall–Kier alpha value is -3.89. The highest BCUT2D eigenvalue weighted by Gasteiger charge is 2.44. The van der Waals surface area contributed by atoms with Crippen LogP contribution >= 0.6 is 0 Å². The van der Waals surface area contributed by atoms with E-state index < -0.39 is 60.4 Å². The van der Waals surface area contributed by atoms with Crippen molar-refractivity contribution in [3.05, 3.63) is 77.9 Å². The third-order valence-corrected chi connectivity index (χ3v) is 5.86. The number of aliphatic hydroxyl groups excluding tert-OH is 1. The quantitative estimate of drug-likeness (QED) is 0.272. The molecule has 0 fully saturated rings. The summed E-state index contributed by atoms with van der Waals surface area (Å²) in [7, 11) is 0. The first-order valence-corrected chi connectivity index (χ1v) is 12.2. The Balaban J connectivity index is 0.000000340. The van der Waals surface area contributed by atoms with Gasteiger partial charge >= 0.3 is 31.1 Å². The van der Waals surface area contributed by atoms with E-state index in [0.29, 0.717) is 12.1 Å². The van der Waals surface area contributed by atoms with Gasteiger partial charge in [-0.3, -0.25) is 0 Å². The van der Waals surface area contributed by atoms with E-state index in [1.807, 2.05) is 0 Å². The molecule has 44 heavy (non-hydrogen) atoms. The summed E-state index contributed by atoms with van der Waals surface area (Å²) >= 11 is 0. The molecule has 4 nitrogen and oxygen atoms in total. The number of benzene rings is 3. The van der Waals surface area contributed by atoms with Crippen molar-refractivity contribution in [1.29, 1.82) is 0 Å². The second-order valence-electron chi connectivity index (χ2n) is 9.08. The van der Waals surface area contributed by atoms with Gasteiger partial charge in [-0.1, -0.05) is 30.3 Å². The van der Waals surface area contributed by atoms with Crippen LogP contribution in [0.4, 0.5) is 62.8 Å². The van der Waals surface area contributed by atoms with E-state index in [2.05, 4.69) is 4.74 Å². The van der Waals surface area contributed by atoms with Gasteiger partial charge in [0, 0.05) is 5.56 Å². The van der Waals surface area contributed by atoms with E-state index in [4.69, 9.17) is 4.74 Å². The Kier molecular flexibility index (Phi) is 10.2. The second-order valence-corrected chi connectivity index (χ2v) is 9.08. The average Bonchev–Trinajstić information content (AvgIpc) is 2.92. The van der Waals surface area contributed by atoms with Crippen molar-refractivity contribution >= 4 is 5.69 Å². The number of nitrogens with zero attached hydrogens (tertiary/aromatic N) is 1. The number of para-hydroxylation sites is 2. The number of hydrogen-bond acceptors (Lipinski definition) is 4. The Labute approximate surface area is 240 Å². The fraction of sp³-hybridized carbons (Fsp3) is 0.333. The topological polar surface area (TPSA) is 41.9 Å². The highest BCUT2D eigenvalue weighted by atomic mass is 19.4. The summed E-state index contributed by atoms with van der Waals surface area (Å²) in [5.74, 6) is -0.455. The highest BCUT2D eigenvalue weighted by Crippen LogP contribution is 2.44. The summed E-state index contributed by atoms with van der Waals surface area (Å²) in [4.78, 5) is 1.11. The van der Waals surface area contributed by atoms with Crippen molar-refractivity contribution in [3.63, 3.8) is 0 Å². The first-order valence-electron chi connectivity index (χ1n) is 12.2. The molecule has 1 N–H and O–H groups in total. The van der Waals surface area contributed by atoms with Crippen LogP contribution in [-0.4, -0.2) is 49.6 Å². The average molecular weight is 653 g/mol. The zero-order chi connectivity index (χ0) is 33.1. The van der Waals surface area contributed by atoms with Crippen LogP contribution in [0, 0.1) is 0 Å². The van der Waals surface area contributed by atoms with E-state index >= 15 is 0 Å². The summed E-state index contributed by atoms with van der Waals surface area (Å²) < 4.78 is 174. The number of ether oxygens (including phenoxy) is 2. The Morgan fingerprint density at radius 2 is 1.34 bits per heavy atom. The number of halogens is 13. The first-order chi connectivity index (χ1) is 20.2. The zero-order valence-corrected chi connectivity index (χ0v) is 21.8. The maximum atomic E-state index is 13.2. The fourth-order valence-electron chi connectivity index (χ4n) is 3.83. The van der Waals surface area contributed by atoms with Crippen LogP contribution in [0.5, 0.6) is 11.5 Å². The van der Waals surface area contributed by atoms with Crippen molar-refractivity contribution < 1.29 is 71.7 Å². The minimum atomic E-state index is -5.06. The normalized spacial score (nSPS) is 14.8. The van der Waals surface area contributed by atoms with Crippen LogP contribution in [-0.2, 0) is 12.4 Å². The van der Waals surface area contributed by atoms with Gasteiger partial charge in [-0.2, -0.15) is 57.1 Å².